The smallest absolute Gasteiger partial charge is 0.300 e. The summed E-state index contributed by atoms with van der Waals surface area (Å²) in [6, 6.07) is 18.1. The van der Waals surface area contributed by atoms with Gasteiger partial charge in [-0.15, -0.1) is 0 Å². The van der Waals surface area contributed by atoms with Crippen LogP contribution in [0.2, 0.25) is 0 Å². The normalized spacial score (nSPS) is 17.3. The van der Waals surface area contributed by atoms with Crippen LogP contribution in [0, 0.1) is 6.92 Å². The van der Waals surface area contributed by atoms with Gasteiger partial charge in [-0.05, 0) is 66.8 Å². The van der Waals surface area contributed by atoms with Crippen LogP contribution in [-0.2, 0) is 9.59 Å². The Hall–Kier alpha value is -4.06. The number of aliphatic hydroxyl groups excluding tert-OH is 1. The number of carbonyl (C=O) groups excluding carboxylic acids is 2. The molecule has 6 heteroatoms. The lowest BCUT2D eigenvalue weighted by Crippen LogP contribution is -2.29. The molecule has 0 saturated carbocycles. The van der Waals surface area contributed by atoms with E-state index in [0.29, 0.717) is 23.5 Å². The van der Waals surface area contributed by atoms with E-state index in [1.807, 2.05) is 52.0 Å². The molecule has 3 aromatic rings. The van der Waals surface area contributed by atoms with E-state index >= 15 is 0 Å². The van der Waals surface area contributed by atoms with Crippen LogP contribution in [0.4, 0.5) is 5.69 Å². The lowest BCUT2D eigenvalue weighted by Gasteiger charge is -2.27. The molecule has 0 aromatic heterocycles. The average molecular weight is 472 g/mol. The summed E-state index contributed by atoms with van der Waals surface area (Å²) < 4.78 is 5.74. The molecule has 1 atom stereocenters. The minimum absolute atomic E-state index is 0.0218. The number of benzene rings is 3. The van der Waals surface area contributed by atoms with Crippen LogP contribution in [0.3, 0.4) is 0 Å². The van der Waals surface area contributed by atoms with Gasteiger partial charge in [0, 0.05) is 5.56 Å². The molecule has 3 aromatic carbocycles. The number of ketones is 1. The van der Waals surface area contributed by atoms with Gasteiger partial charge in [-0.2, -0.15) is 0 Å². The predicted octanol–water partition coefficient (Wildman–Crippen LogP) is 5.85. The first kappa shape index (κ1) is 24.1. The summed E-state index contributed by atoms with van der Waals surface area (Å²) in [4.78, 5) is 28.0. The number of hydrogen-bond acceptors (Lipinski definition) is 5. The highest BCUT2D eigenvalue weighted by Gasteiger charge is 2.48. The lowest BCUT2D eigenvalue weighted by atomic mass is 9.91. The molecule has 1 fully saturated rings. The van der Waals surface area contributed by atoms with Gasteiger partial charge in [0.1, 0.15) is 17.3 Å². The molecule has 0 radical (unpaired) electrons. The molecule has 0 bridgehead atoms. The molecule has 6 nitrogen and oxygen atoms in total. The van der Waals surface area contributed by atoms with Crippen LogP contribution in [0.25, 0.3) is 5.76 Å². The van der Waals surface area contributed by atoms with Crippen molar-refractivity contribution in [3.05, 3.63) is 94.6 Å². The van der Waals surface area contributed by atoms with Crippen LogP contribution < -0.4 is 9.64 Å². The maximum atomic E-state index is 13.4. The standard InChI is InChI=1S/C29H29NO5/c1-5-35-24-15-14-19(16-21(24)17(2)3)27(32)25-26(20-11-7-6-10-18(20)4)30(29(34)28(25)33)22-12-8-9-13-23(22)31/h6-17,26,31-32H,5H2,1-4H3/b27-25+. The number of Topliss-reactive ketones (excluding diaryl/α,β-unsaturated/α-hetero) is 1. The van der Waals surface area contributed by atoms with Crippen molar-refractivity contribution in [3.63, 3.8) is 0 Å². The number of aryl methyl sites for hydroxylation is 1. The predicted molar refractivity (Wildman–Crippen MR) is 136 cm³/mol. The minimum Gasteiger partial charge on any atom is -0.507 e. The van der Waals surface area contributed by atoms with Gasteiger partial charge >= 0.3 is 0 Å². The van der Waals surface area contributed by atoms with Crippen LogP contribution in [0.5, 0.6) is 11.5 Å². The molecule has 35 heavy (non-hydrogen) atoms. The van der Waals surface area contributed by atoms with E-state index in [2.05, 4.69) is 0 Å². The molecule has 1 saturated heterocycles. The maximum Gasteiger partial charge on any atom is 0.300 e. The van der Waals surface area contributed by atoms with E-state index in [-0.39, 0.29) is 28.7 Å². The van der Waals surface area contributed by atoms with Crippen molar-refractivity contribution in [2.24, 2.45) is 0 Å². The van der Waals surface area contributed by atoms with Crippen LogP contribution >= 0.6 is 0 Å². The van der Waals surface area contributed by atoms with Crippen molar-refractivity contribution in [3.8, 4) is 11.5 Å². The highest BCUT2D eigenvalue weighted by atomic mass is 16.5. The molecule has 1 heterocycles. The first-order valence-corrected chi connectivity index (χ1v) is 11.7. The summed E-state index contributed by atoms with van der Waals surface area (Å²) in [7, 11) is 0. The van der Waals surface area contributed by atoms with Crippen molar-refractivity contribution in [2.45, 2.75) is 39.7 Å². The molecule has 0 aliphatic carbocycles. The Bertz CT molecular complexity index is 1320. The van der Waals surface area contributed by atoms with E-state index in [1.165, 1.54) is 11.0 Å². The van der Waals surface area contributed by atoms with E-state index < -0.39 is 17.7 Å². The summed E-state index contributed by atoms with van der Waals surface area (Å²) >= 11 is 0. The number of rotatable bonds is 6. The number of aromatic hydroxyl groups is 1. The van der Waals surface area contributed by atoms with Gasteiger partial charge in [0.05, 0.1) is 23.9 Å². The van der Waals surface area contributed by atoms with E-state index in [0.717, 1.165) is 11.1 Å². The Labute approximate surface area is 205 Å². The molecule has 0 spiro atoms. The number of para-hydroxylation sites is 2. The third-order valence-corrected chi connectivity index (χ3v) is 6.27. The third-order valence-electron chi connectivity index (χ3n) is 6.27. The first-order valence-electron chi connectivity index (χ1n) is 11.7. The highest BCUT2D eigenvalue weighted by Crippen LogP contribution is 2.45. The zero-order valence-electron chi connectivity index (χ0n) is 20.3. The topological polar surface area (TPSA) is 87.1 Å². The number of anilines is 1. The quantitative estimate of drug-likeness (QED) is 0.268. The van der Waals surface area contributed by atoms with Crippen molar-refractivity contribution < 1.29 is 24.5 Å². The number of hydrogen-bond donors (Lipinski definition) is 2. The van der Waals surface area contributed by atoms with Gasteiger partial charge in [0.2, 0.25) is 0 Å². The first-order chi connectivity index (χ1) is 16.8. The fourth-order valence-corrected chi connectivity index (χ4v) is 4.53. The molecule has 2 N–H and O–H groups in total. The molecule has 1 aliphatic heterocycles. The number of aliphatic hydroxyl groups is 1. The SMILES string of the molecule is CCOc1ccc(/C(O)=C2\C(=O)C(=O)N(c3ccccc3O)C2c2ccccc2C)cc1C(C)C. The Morgan fingerprint density at radius 1 is 1.03 bits per heavy atom. The van der Waals surface area contributed by atoms with Crippen molar-refractivity contribution >= 4 is 23.1 Å². The Balaban J connectivity index is 1.97. The Kier molecular flexibility index (Phi) is 6.65. The fourth-order valence-electron chi connectivity index (χ4n) is 4.53. The zero-order valence-corrected chi connectivity index (χ0v) is 20.3. The zero-order chi connectivity index (χ0) is 25.3. The molecular formula is C29H29NO5. The molecule has 1 aliphatic rings. The minimum atomic E-state index is -0.904. The number of phenols is 1. The van der Waals surface area contributed by atoms with Gasteiger partial charge in [0.25, 0.3) is 11.7 Å². The summed E-state index contributed by atoms with van der Waals surface area (Å²) in [5.41, 5.74) is 3.03. The molecule has 4 rings (SSSR count). The third kappa shape index (κ3) is 4.28. The fraction of sp³-hybridized carbons (Fsp3) is 0.241. The number of ether oxygens (including phenoxy) is 1. The monoisotopic (exact) mass is 471 g/mol. The van der Waals surface area contributed by atoms with Gasteiger partial charge in [-0.3, -0.25) is 14.5 Å². The number of phenolic OH excluding ortho intramolecular Hbond substituents is 1. The number of nitrogens with zero attached hydrogens (tertiary/aromatic N) is 1. The molecular weight excluding hydrogens is 442 g/mol. The van der Waals surface area contributed by atoms with Gasteiger partial charge < -0.3 is 14.9 Å². The number of carbonyl (C=O) groups is 2. The molecule has 1 unspecified atom stereocenters. The highest BCUT2D eigenvalue weighted by molar-refractivity contribution is 6.52. The van der Waals surface area contributed by atoms with Crippen LogP contribution in [-0.4, -0.2) is 28.5 Å². The second-order valence-corrected chi connectivity index (χ2v) is 8.85. The summed E-state index contributed by atoms with van der Waals surface area (Å²) in [6.45, 7) is 8.33. The van der Waals surface area contributed by atoms with Gasteiger partial charge in [0.15, 0.2) is 0 Å². The summed E-state index contributed by atoms with van der Waals surface area (Å²) in [6.07, 6.45) is 0. The van der Waals surface area contributed by atoms with E-state index in [9.17, 15) is 19.8 Å². The van der Waals surface area contributed by atoms with Gasteiger partial charge in [-0.25, -0.2) is 0 Å². The van der Waals surface area contributed by atoms with E-state index in [4.69, 9.17) is 4.74 Å². The van der Waals surface area contributed by atoms with Gasteiger partial charge in [-0.1, -0.05) is 50.2 Å². The lowest BCUT2D eigenvalue weighted by molar-refractivity contribution is -0.132. The van der Waals surface area contributed by atoms with E-state index in [1.54, 1.807) is 36.4 Å². The Morgan fingerprint density at radius 2 is 1.71 bits per heavy atom. The number of amides is 1. The average Bonchev–Trinajstić information content (AvgIpc) is 3.09. The summed E-state index contributed by atoms with van der Waals surface area (Å²) in [5.74, 6) is -1.18. The van der Waals surface area contributed by atoms with Crippen molar-refractivity contribution in [1.29, 1.82) is 0 Å². The Morgan fingerprint density at radius 3 is 2.37 bits per heavy atom. The maximum absolute atomic E-state index is 13.4. The second-order valence-electron chi connectivity index (χ2n) is 8.85. The largest absolute Gasteiger partial charge is 0.507 e. The second kappa shape index (κ2) is 9.66. The van der Waals surface area contributed by atoms with Crippen molar-refractivity contribution in [1.82, 2.24) is 0 Å². The van der Waals surface area contributed by atoms with Crippen molar-refractivity contribution in [2.75, 3.05) is 11.5 Å². The molecule has 180 valence electrons. The summed E-state index contributed by atoms with van der Waals surface area (Å²) in [5, 5.41) is 22.0. The van der Waals surface area contributed by atoms with Crippen LogP contribution in [0.15, 0.2) is 72.3 Å². The molecule has 1 amide bonds. The van der Waals surface area contributed by atoms with Crippen LogP contribution in [0.1, 0.15) is 55.0 Å².